The lowest BCUT2D eigenvalue weighted by Crippen LogP contribution is -2.30. The molecule has 0 aromatic heterocycles. The van der Waals surface area contributed by atoms with Crippen LogP contribution >= 0.6 is 0 Å². The lowest BCUT2D eigenvalue weighted by molar-refractivity contribution is 0.146. The molecule has 0 radical (unpaired) electrons. The number of hydrogen-bond acceptors (Lipinski definition) is 5. The molecular weight excluding hydrogens is 256 g/mol. The highest BCUT2D eigenvalue weighted by Gasteiger charge is 2.23. The Kier molecular flexibility index (Phi) is 5.64. The van der Waals surface area contributed by atoms with Gasteiger partial charge in [-0.25, -0.2) is 0 Å². The first-order chi connectivity index (χ1) is 9.74. The first-order valence-corrected chi connectivity index (χ1v) is 7.13. The fraction of sp³-hybridized carbons (Fsp3) is 0.600. The quantitative estimate of drug-likeness (QED) is 0.688. The van der Waals surface area contributed by atoms with Gasteiger partial charge in [-0.15, -0.1) is 0 Å². The monoisotopic (exact) mass is 280 g/mol. The zero-order chi connectivity index (χ0) is 14.4. The van der Waals surface area contributed by atoms with E-state index in [-0.39, 0.29) is 6.10 Å². The molecule has 2 unspecified atom stereocenters. The maximum absolute atomic E-state index is 9.73. The second kappa shape index (κ2) is 7.47. The van der Waals surface area contributed by atoms with E-state index >= 15 is 0 Å². The average molecular weight is 280 g/mol. The van der Waals surface area contributed by atoms with E-state index in [1.807, 2.05) is 25.1 Å². The number of aliphatic hydroxyl groups is 1. The van der Waals surface area contributed by atoms with Gasteiger partial charge < -0.3 is 25.2 Å². The predicted octanol–water partition coefficient (Wildman–Crippen LogP) is 0.764. The molecule has 0 bridgehead atoms. The number of rotatable bonds is 7. The van der Waals surface area contributed by atoms with Gasteiger partial charge in [-0.2, -0.15) is 0 Å². The molecule has 1 aromatic rings. The third-order valence-corrected chi connectivity index (χ3v) is 3.57. The van der Waals surface area contributed by atoms with Crippen LogP contribution in [0.1, 0.15) is 12.5 Å². The van der Waals surface area contributed by atoms with Crippen LogP contribution in [0.3, 0.4) is 0 Å². The number of aliphatic hydroxyl groups excluding tert-OH is 1. The SMILES string of the molecule is CCOc1cc(CNCC2CNCC2O)ccc1OC. The Labute approximate surface area is 120 Å². The summed E-state index contributed by atoms with van der Waals surface area (Å²) in [6, 6.07) is 5.95. The van der Waals surface area contributed by atoms with Crippen molar-refractivity contribution in [2.24, 2.45) is 5.92 Å². The summed E-state index contributed by atoms with van der Waals surface area (Å²) in [6.07, 6.45) is -0.239. The van der Waals surface area contributed by atoms with Gasteiger partial charge in [-0.05, 0) is 24.6 Å². The summed E-state index contributed by atoms with van der Waals surface area (Å²) >= 11 is 0. The van der Waals surface area contributed by atoms with Gasteiger partial charge in [0.1, 0.15) is 0 Å². The lowest BCUT2D eigenvalue weighted by Gasteiger charge is -2.15. The maximum atomic E-state index is 9.73. The zero-order valence-corrected chi connectivity index (χ0v) is 12.2. The standard InChI is InChI=1S/C15H24N2O3/c1-3-20-15-6-11(4-5-14(15)19-2)7-16-8-12-9-17-10-13(12)18/h4-6,12-13,16-18H,3,7-10H2,1-2H3. The van der Waals surface area contributed by atoms with E-state index in [1.165, 1.54) is 0 Å². The van der Waals surface area contributed by atoms with Crippen LogP contribution in [0.25, 0.3) is 0 Å². The van der Waals surface area contributed by atoms with E-state index in [9.17, 15) is 5.11 Å². The van der Waals surface area contributed by atoms with Crippen LogP contribution in [-0.4, -0.2) is 44.6 Å². The molecule has 112 valence electrons. The van der Waals surface area contributed by atoms with Crippen LogP contribution in [0.2, 0.25) is 0 Å². The van der Waals surface area contributed by atoms with Gasteiger partial charge in [0.15, 0.2) is 11.5 Å². The van der Waals surface area contributed by atoms with Crippen molar-refractivity contribution >= 4 is 0 Å². The second-order valence-corrected chi connectivity index (χ2v) is 5.03. The molecule has 2 atom stereocenters. The lowest BCUT2D eigenvalue weighted by atomic mass is 10.1. The van der Waals surface area contributed by atoms with Crippen molar-refractivity contribution in [2.45, 2.75) is 19.6 Å². The highest BCUT2D eigenvalue weighted by Crippen LogP contribution is 2.28. The molecule has 1 heterocycles. The van der Waals surface area contributed by atoms with Crippen molar-refractivity contribution in [1.29, 1.82) is 0 Å². The Balaban J connectivity index is 1.87. The number of methoxy groups -OCH3 is 1. The van der Waals surface area contributed by atoms with Crippen molar-refractivity contribution in [3.63, 3.8) is 0 Å². The number of β-amino-alcohol motifs (C(OH)–C–C–N with tert-alkyl or cyclic N) is 1. The van der Waals surface area contributed by atoms with Crippen molar-refractivity contribution in [3.05, 3.63) is 23.8 Å². The summed E-state index contributed by atoms with van der Waals surface area (Å²) in [6.45, 7) is 5.72. The first-order valence-electron chi connectivity index (χ1n) is 7.13. The normalized spacial score (nSPS) is 21.9. The summed E-state index contributed by atoms with van der Waals surface area (Å²) < 4.78 is 10.8. The Hall–Kier alpha value is -1.30. The van der Waals surface area contributed by atoms with E-state index < -0.39 is 0 Å². The van der Waals surface area contributed by atoms with Gasteiger partial charge in [-0.3, -0.25) is 0 Å². The zero-order valence-electron chi connectivity index (χ0n) is 12.2. The molecular formula is C15H24N2O3. The molecule has 0 aliphatic carbocycles. The third-order valence-electron chi connectivity index (χ3n) is 3.57. The van der Waals surface area contributed by atoms with Crippen LogP contribution in [-0.2, 0) is 6.54 Å². The molecule has 5 heteroatoms. The molecule has 3 N–H and O–H groups in total. The van der Waals surface area contributed by atoms with Crippen LogP contribution < -0.4 is 20.1 Å². The fourth-order valence-corrected chi connectivity index (χ4v) is 2.43. The van der Waals surface area contributed by atoms with Gasteiger partial charge in [0.05, 0.1) is 19.8 Å². The number of benzene rings is 1. The van der Waals surface area contributed by atoms with E-state index in [4.69, 9.17) is 9.47 Å². The summed E-state index contributed by atoms with van der Waals surface area (Å²) in [5, 5.41) is 16.3. The Morgan fingerprint density at radius 3 is 2.85 bits per heavy atom. The highest BCUT2D eigenvalue weighted by molar-refractivity contribution is 5.42. The molecule has 1 fully saturated rings. The van der Waals surface area contributed by atoms with Gasteiger partial charge in [0, 0.05) is 32.1 Å². The highest BCUT2D eigenvalue weighted by atomic mass is 16.5. The molecule has 1 saturated heterocycles. The van der Waals surface area contributed by atoms with Crippen molar-refractivity contribution in [1.82, 2.24) is 10.6 Å². The van der Waals surface area contributed by atoms with Crippen LogP contribution in [0.4, 0.5) is 0 Å². The molecule has 1 aliphatic heterocycles. The largest absolute Gasteiger partial charge is 0.493 e. The maximum Gasteiger partial charge on any atom is 0.161 e. The third kappa shape index (κ3) is 3.85. The molecule has 1 aromatic carbocycles. The molecule has 0 spiro atoms. The van der Waals surface area contributed by atoms with Gasteiger partial charge >= 0.3 is 0 Å². The minimum atomic E-state index is -0.239. The topological polar surface area (TPSA) is 62.8 Å². The number of nitrogens with one attached hydrogen (secondary N) is 2. The summed E-state index contributed by atoms with van der Waals surface area (Å²) in [4.78, 5) is 0. The molecule has 1 aliphatic rings. The predicted molar refractivity (Wildman–Crippen MR) is 78.2 cm³/mol. The minimum Gasteiger partial charge on any atom is -0.493 e. The van der Waals surface area contributed by atoms with Crippen molar-refractivity contribution < 1.29 is 14.6 Å². The molecule has 20 heavy (non-hydrogen) atoms. The molecule has 0 saturated carbocycles. The Morgan fingerprint density at radius 1 is 1.35 bits per heavy atom. The van der Waals surface area contributed by atoms with Crippen LogP contribution in [0.15, 0.2) is 18.2 Å². The summed E-state index contributed by atoms with van der Waals surface area (Å²) in [7, 11) is 1.64. The molecule has 2 rings (SSSR count). The summed E-state index contributed by atoms with van der Waals surface area (Å²) in [5.41, 5.74) is 1.15. The number of ether oxygens (including phenoxy) is 2. The fourth-order valence-electron chi connectivity index (χ4n) is 2.43. The van der Waals surface area contributed by atoms with Gasteiger partial charge in [0.25, 0.3) is 0 Å². The van der Waals surface area contributed by atoms with Crippen LogP contribution in [0, 0.1) is 5.92 Å². The summed E-state index contributed by atoms with van der Waals surface area (Å²) in [5.74, 6) is 1.82. The minimum absolute atomic E-state index is 0.239. The van der Waals surface area contributed by atoms with Crippen molar-refractivity contribution in [2.75, 3.05) is 33.4 Å². The van der Waals surface area contributed by atoms with Crippen molar-refractivity contribution in [3.8, 4) is 11.5 Å². The van der Waals surface area contributed by atoms with E-state index in [0.29, 0.717) is 19.1 Å². The smallest absolute Gasteiger partial charge is 0.161 e. The average Bonchev–Trinajstić information content (AvgIpc) is 2.85. The van der Waals surface area contributed by atoms with E-state index in [1.54, 1.807) is 7.11 Å². The first kappa shape index (κ1) is 15.1. The van der Waals surface area contributed by atoms with Gasteiger partial charge in [0.2, 0.25) is 0 Å². The molecule has 5 nitrogen and oxygen atoms in total. The van der Waals surface area contributed by atoms with Gasteiger partial charge in [-0.1, -0.05) is 6.07 Å². The van der Waals surface area contributed by atoms with Crippen LogP contribution in [0.5, 0.6) is 11.5 Å². The van der Waals surface area contributed by atoms with E-state index in [0.717, 1.165) is 36.7 Å². The Morgan fingerprint density at radius 2 is 2.20 bits per heavy atom. The Bertz CT molecular complexity index is 426. The number of hydrogen-bond donors (Lipinski definition) is 3. The molecule has 0 amide bonds. The van der Waals surface area contributed by atoms with E-state index in [2.05, 4.69) is 10.6 Å². The second-order valence-electron chi connectivity index (χ2n) is 5.03.